The van der Waals surface area contributed by atoms with Gasteiger partial charge in [-0.15, -0.1) is 0 Å². The van der Waals surface area contributed by atoms with Crippen LogP contribution >= 0.6 is 0 Å². The zero-order valence-corrected chi connectivity index (χ0v) is 5.19. The molecule has 0 amide bonds. The first-order chi connectivity index (χ1) is 3.29. The van der Waals surface area contributed by atoms with Gasteiger partial charge >= 0.3 is 0 Å². The molecule has 1 saturated carbocycles. The Hall–Kier alpha value is -0.0500. The Kier molecular flexibility index (Phi) is 1.32. The smallest absolute Gasteiger partial charge is 0.0593 e. The molecule has 1 unspecified atom stereocenters. The Morgan fingerprint density at radius 1 is 1.71 bits per heavy atom. The number of nitrogens with zero attached hydrogens (tertiary/aromatic N) is 1. The van der Waals surface area contributed by atoms with Gasteiger partial charge in [-0.3, -0.25) is 4.21 Å². The third-order valence-electron chi connectivity index (χ3n) is 0.873. The molecule has 0 spiro atoms. The summed E-state index contributed by atoms with van der Waals surface area (Å²) in [7, 11) is -1.20. The molecular formula is C4H9NOS. The van der Waals surface area contributed by atoms with Crippen molar-refractivity contribution in [1.82, 2.24) is 0 Å². The minimum absolute atomic E-state index is 0.466. The molecule has 0 aromatic rings. The quantitative estimate of drug-likeness (QED) is 0.499. The Labute approximate surface area is 45.1 Å². The van der Waals surface area contributed by atoms with Crippen LogP contribution in [-0.4, -0.2) is 16.5 Å². The lowest BCUT2D eigenvalue weighted by Gasteiger charge is -1.74. The van der Waals surface area contributed by atoms with Crippen LogP contribution in [0.3, 0.4) is 0 Å². The van der Waals surface area contributed by atoms with E-state index in [-0.39, 0.29) is 0 Å². The molecule has 0 aliphatic heterocycles. The van der Waals surface area contributed by atoms with Crippen LogP contribution in [-0.2, 0) is 10.6 Å². The Morgan fingerprint density at radius 2 is 2.29 bits per heavy atom. The fraction of sp³-hybridized carbons (Fsp3) is 1.00. The summed E-state index contributed by atoms with van der Waals surface area (Å²) >= 11 is 0. The van der Waals surface area contributed by atoms with Crippen molar-refractivity contribution in [3.05, 3.63) is 0 Å². The summed E-state index contributed by atoms with van der Waals surface area (Å²) < 4.78 is 14.2. The maximum atomic E-state index is 10.3. The predicted molar refractivity (Wildman–Crippen MR) is 30.9 cm³/mol. The van der Waals surface area contributed by atoms with Crippen LogP contribution in [0.15, 0.2) is 4.36 Å². The standard InChI is InChI=1S/C4H9NOS/c1-7(6)5-4-2-3-4/h4,7H,2-3H2,1H3. The highest BCUT2D eigenvalue weighted by Crippen LogP contribution is 2.23. The number of rotatable bonds is 1. The van der Waals surface area contributed by atoms with E-state index < -0.39 is 10.6 Å². The van der Waals surface area contributed by atoms with Crippen molar-refractivity contribution in [2.24, 2.45) is 4.36 Å². The van der Waals surface area contributed by atoms with Crippen LogP contribution in [0.4, 0.5) is 0 Å². The van der Waals surface area contributed by atoms with E-state index in [9.17, 15) is 4.21 Å². The highest BCUT2D eigenvalue weighted by Gasteiger charge is 2.19. The van der Waals surface area contributed by atoms with Crippen LogP contribution in [0.5, 0.6) is 0 Å². The molecule has 1 atom stereocenters. The zero-order valence-electron chi connectivity index (χ0n) is 4.29. The second-order valence-corrected chi connectivity index (χ2v) is 2.97. The van der Waals surface area contributed by atoms with Gasteiger partial charge in [-0.25, -0.2) is 4.36 Å². The van der Waals surface area contributed by atoms with E-state index in [1.54, 1.807) is 6.26 Å². The van der Waals surface area contributed by atoms with Gasteiger partial charge in [-0.05, 0) is 12.8 Å². The summed E-state index contributed by atoms with van der Waals surface area (Å²) in [5.41, 5.74) is 0. The lowest BCUT2D eigenvalue weighted by Crippen LogP contribution is -1.73. The lowest BCUT2D eigenvalue weighted by molar-refractivity contribution is 0.690. The van der Waals surface area contributed by atoms with Gasteiger partial charge < -0.3 is 0 Å². The van der Waals surface area contributed by atoms with E-state index in [4.69, 9.17) is 0 Å². The molecule has 42 valence electrons. The maximum Gasteiger partial charge on any atom is 0.0593 e. The number of hydrogen-bond acceptors (Lipinski definition) is 2. The monoisotopic (exact) mass is 119 g/mol. The van der Waals surface area contributed by atoms with Gasteiger partial charge in [0.15, 0.2) is 0 Å². The van der Waals surface area contributed by atoms with Gasteiger partial charge in [0, 0.05) is 16.9 Å². The van der Waals surface area contributed by atoms with Gasteiger partial charge in [-0.1, -0.05) is 0 Å². The number of hydrogen-bond donors (Lipinski definition) is 1. The van der Waals surface area contributed by atoms with E-state index >= 15 is 0 Å². The molecular weight excluding hydrogens is 110 g/mol. The Morgan fingerprint density at radius 3 is 2.43 bits per heavy atom. The minimum atomic E-state index is -1.20. The van der Waals surface area contributed by atoms with Crippen molar-refractivity contribution < 1.29 is 4.21 Å². The highest BCUT2D eigenvalue weighted by molar-refractivity contribution is 7.74. The zero-order chi connectivity index (χ0) is 5.28. The van der Waals surface area contributed by atoms with Crippen LogP contribution in [0, 0.1) is 0 Å². The molecule has 0 saturated heterocycles. The van der Waals surface area contributed by atoms with Crippen LogP contribution in [0.2, 0.25) is 0 Å². The summed E-state index contributed by atoms with van der Waals surface area (Å²) in [6.07, 6.45) is 3.97. The van der Waals surface area contributed by atoms with Crippen LogP contribution in [0.25, 0.3) is 0 Å². The van der Waals surface area contributed by atoms with Gasteiger partial charge in [0.2, 0.25) is 0 Å². The molecule has 0 aromatic carbocycles. The third-order valence-corrected chi connectivity index (χ3v) is 1.52. The molecule has 0 radical (unpaired) electrons. The van der Waals surface area contributed by atoms with Crippen molar-refractivity contribution in [3.63, 3.8) is 0 Å². The van der Waals surface area contributed by atoms with Crippen LogP contribution in [0.1, 0.15) is 12.8 Å². The lowest BCUT2D eigenvalue weighted by atomic mass is 10.8. The minimum Gasteiger partial charge on any atom is -0.253 e. The third kappa shape index (κ3) is 1.92. The Bertz CT molecular complexity index is 133. The second kappa shape index (κ2) is 1.82. The molecule has 1 fully saturated rings. The van der Waals surface area contributed by atoms with E-state index in [0.29, 0.717) is 6.04 Å². The predicted octanol–water partition coefficient (Wildman–Crippen LogP) is 0.443. The van der Waals surface area contributed by atoms with Gasteiger partial charge in [-0.2, -0.15) is 0 Å². The normalized spacial score (nSPS) is 25.3. The number of thiol groups is 1. The molecule has 0 bridgehead atoms. The molecule has 1 rings (SSSR count). The van der Waals surface area contributed by atoms with Gasteiger partial charge in [0.25, 0.3) is 0 Å². The Balaban J connectivity index is 2.44. The van der Waals surface area contributed by atoms with E-state index in [1.165, 1.54) is 0 Å². The SMILES string of the molecule is C/[SH](=O)=N/C1CC1. The van der Waals surface area contributed by atoms with Crippen LogP contribution < -0.4 is 0 Å². The van der Waals surface area contributed by atoms with Gasteiger partial charge in [0.05, 0.1) is 6.04 Å². The average molecular weight is 119 g/mol. The van der Waals surface area contributed by atoms with Crippen molar-refractivity contribution in [2.75, 3.05) is 6.26 Å². The summed E-state index contributed by atoms with van der Waals surface area (Å²) in [5.74, 6) is 0. The summed E-state index contributed by atoms with van der Waals surface area (Å²) in [6, 6.07) is 0.466. The molecule has 0 aromatic heterocycles. The molecule has 1 aliphatic carbocycles. The maximum absolute atomic E-state index is 10.3. The largest absolute Gasteiger partial charge is 0.253 e. The molecule has 3 heteroatoms. The topological polar surface area (TPSA) is 29.4 Å². The molecule has 0 heterocycles. The van der Waals surface area contributed by atoms with E-state index in [2.05, 4.69) is 4.36 Å². The highest BCUT2D eigenvalue weighted by atomic mass is 32.2. The molecule has 1 aliphatic rings. The molecule has 0 N–H and O–H groups in total. The summed E-state index contributed by atoms with van der Waals surface area (Å²) in [4.78, 5) is 0. The summed E-state index contributed by atoms with van der Waals surface area (Å²) in [6.45, 7) is 0. The average Bonchev–Trinajstić information content (AvgIpc) is 2.17. The fourth-order valence-electron chi connectivity index (χ4n) is 0.420. The molecule has 2 nitrogen and oxygen atoms in total. The van der Waals surface area contributed by atoms with Crippen molar-refractivity contribution in [1.29, 1.82) is 0 Å². The fourth-order valence-corrected chi connectivity index (χ4v) is 1.11. The molecule has 7 heavy (non-hydrogen) atoms. The van der Waals surface area contributed by atoms with E-state index in [0.717, 1.165) is 12.8 Å². The second-order valence-electron chi connectivity index (χ2n) is 1.81. The first-order valence-electron chi connectivity index (χ1n) is 2.40. The summed E-state index contributed by atoms with van der Waals surface area (Å²) in [5, 5.41) is 0. The van der Waals surface area contributed by atoms with Crippen molar-refractivity contribution in [2.45, 2.75) is 18.9 Å². The van der Waals surface area contributed by atoms with Gasteiger partial charge in [0.1, 0.15) is 0 Å². The first kappa shape index (κ1) is 5.09. The van der Waals surface area contributed by atoms with E-state index in [1.807, 2.05) is 0 Å². The first-order valence-corrected chi connectivity index (χ1v) is 4.06. The van der Waals surface area contributed by atoms with Crippen molar-refractivity contribution in [3.8, 4) is 0 Å². The van der Waals surface area contributed by atoms with Crippen molar-refractivity contribution >= 4 is 10.6 Å².